The first-order chi connectivity index (χ1) is 31.0. The van der Waals surface area contributed by atoms with E-state index in [0.717, 1.165) is 103 Å². The molecule has 0 aliphatic rings. The molecule has 3 atom stereocenters. The van der Waals surface area contributed by atoms with E-state index >= 15 is 0 Å². The van der Waals surface area contributed by atoms with E-state index in [4.69, 9.17) is 9.05 Å². The van der Waals surface area contributed by atoms with Gasteiger partial charge in [-0.2, -0.15) is 0 Å². The van der Waals surface area contributed by atoms with E-state index in [1.165, 1.54) is 44.9 Å². The number of nitrogens with one attached hydrogen (secondary N) is 1. The molecule has 0 bridgehead atoms. The molecule has 0 radical (unpaired) electrons. The largest absolute Gasteiger partial charge is 0.472 e. The van der Waals surface area contributed by atoms with Crippen LogP contribution in [0.4, 0.5) is 0 Å². The van der Waals surface area contributed by atoms with E-state index < -0.39 is 20.0 Å². The minimum atomic E-state index is -4.36. The van der Waals surface area contributed by atoms with Crippen LogP contribution >= 0.6 is 7.82 Å². The fourth-order valence-corrected chi connectivity index (χ4v) is 6.97. The number of allylic oxidation sites excluding steroid dienone is 19. The Morgan fingerprint density at radius 2 is 0.953 bits per heavy atom. The quantitative estimate of drug-likeness (QED) is 0.0244. The first kappa shape index (κ1) is 60.9. The molecule has 0 saturated carbocycles. The maximum absolute atomic E-state index is 12.9. The van der Waals surface area contributed by atoms with Crippen LogP contribution < -0.4 is 5.32 Å². The smallest absolute Gasteiger partial charge is 0.387 e. The molecule has 3 N–H and O–H groups in total. The van der Waals surface area contributed by atoms with Gasteiger partial charge in [-0.25, -0.2) is 4.57 Å². The maximum Gasteiger partial charge on any atom is 0.472 e. The molecule has 0 spiro atoms. The number of hydrogen-bond acceptors (Lipinski definition) is 5. The van der Waals surface area contributed by atoms with Crippen LogP contribution in [-0.4, -0.2) is 73.4 Å². The number of nitrogens with zero attached hydrogens (tertiary/aromatic N) is 1. The molecular weight excluding hydrogens is 816 g/mol. The maximum atomic E-state index is 12.9. The van der Waals surface area contributed by atoms with Gasteiger partial charge in [0, 0.05) is 6.42 Å². The van der Waals surface area contributed by atoms with Gasteiger partial charge < -0.3 is 19.8 Å². The molecule has 0 aliphatic carbocycles. The number of hydrogen-bond donors (Lipinski definition) is 3. The number of unbranched alkanes of at least 4 members (excludes halogenated alkanes) is 12. The van der Waals surface area contributed by atoms with E-state index in [9.17, 15) is 19.4 Å². The summed E-state index contributed by atoms with van der Waals surface area (Å²) in [6.45, 7) is 4.56. The van der Waals surface area contributed by atoms with Crippen LogP contribution in [0, 0.1) is 0 Å². The van der Waals surface area contributed by atoms with Gasteiger partial charge in [0.1, 0.15) is 13.2 Å². The number of phosphoric ester groups is 1. The lowest BCUT2D eigenvalue weighted by molar-refractivity contribution is -0.870. The van der Waals surface area contributed by atoms with Crippen LogP contribution in [-0.2, 0) is 18.4 Å². The minimum Gasteiger partial charge on any atom is -0.387 e. The van der Waals surface area contributed by atoms with Gasteiger partial charge in [-0.1, -0.05) is 187 Å². The van der Waals surface area contributed by atoms with Gasteiger partial charge in [-0.3, -0.25) is 13.8 Å². The van der Waals surface area contributed by atoms with Gasteiger partial charge in [0.2, 0.25) is 5.91 Å². The second-order valence-electron chi connectivity index (χ2n) is 17.4. The molecule has 0 aromatic carbocycles. The third-order valence-electron chi connectivity index (χ3n) is 10.1. The number of carbonyl (C=O) groups is 1. The van der Waals surface area contributed by atoms with E-state index in [-0.39, 0.29) is 19.1 Å². The van der Waals surface area contributed by atoms with Crippen molar-refractivity contribution in [2.45, 2.75) is 180 Å². The zero-order valence-electron chi connectivity index (χ0n) is 41.2. The van der Waals surface area contributed by atoms with Crippen LogP contribution in [0.15, 0.2) is 122 Å². The molecular formula is C55H94N2O6P+. The van der Waals surface area contributed by atoms with Crippen molar-refractivity contribution in [2.75, 3.05) is 40.9 Å². The van der Waals surface area contributed by atoms with Crippen molar-refractivity contribution in [1.29, 1.82) is 0 Å². The van der Waals surface area contributed by atoms with Gasteiger partial charge in [-0.05, 0) is 96.3 Å². The van der Waals surface area contributed by atoms with Gasteiger partial charge in [0.15, 0.2) is 0 Å². The lowest BCUT2D eigenvalue weighted by Crippen LogP contribution is -2.45. The fraction of sp³-hybridized carbons (Fsp3) is 0.618. The molecule has 64 heavy (non-hydrogen) atoms. The first-order valence-corrected chi connectivity index (χ1v) is 26.4. The third kappa shape index (κ3) is 46.9. The van der Waals surface area contributed by atoms with Crippen molar-refractivity contribution in [2.24, 2.45) is 0 Å². The average Bonchev–Trinajstić information content (AvgIpc) is 3.25. The highest BCUT2D eigenvalue weighted by Gasteiger charge is 2.27. The standard InChI is InChI=1S/C55H93N2O6P/c1-6-8-10-12-14-16-18-19-20-21-22-23-24-25-26-27-28-29-30-31-32-33-34-35-36-37-39-41-43-45-47-49-55(59)56-53(52-63-64(60,61)62-51-50-57(3,4)5)54(58)48-46-44-42-40-38-17-15-13-11-9-7-2/h8,10-11,13-14,16,19-20,22-23,25-26,28-29,31-32,38,40,46,48,53-54,58H,6-7,9,12,15,17-18,21,24,27,30,33-37,39,41-45,47,49-52H2,1-5H3,(H-,56,59,60,61)/p+1/b10-8-,13-11+,16-14-,20-19-,23-22-,26-25-,29-28-,32-31-,40-38+,48-46+. The summed E-state index contributed by atoms with van der Waals surface area (Å²) in [7, 11) is 1.52. The Morgan fingerprint density at radius 3 is 1.42 bits per heavy atom. The zero-order valence-corrected chi connectivity index (χ0v) is 42.1. The summed E-state index contributed by atoms with van der Waals surface area (Å²) in [5.41, 5.74) is 0. The molecule has 0 fully saturated rings. The molecule has 0 aliphatic heterocycles. The fourth-order valence-electron chi connectivity index (χ4n) is 6.23. The zero-order chi connectivity index (χ0) is 47.1. The summed E-state index contributed by atoms with van der Waals surface area (Å²) in [5.74, 6) is -0.206. The van der Waals surface area contributed by atoms with Crippen LogP contribution in [0.3, 0.4) is 0 Å². The van der Waals surface area contributed by atoms with E-state index in [1.54, 1.807) is 6.08 Å². The van der Waals surface area contributed by atoms with Crippen molar-refractivity contribution < 1.29 is 32.9 Å². The van der Waals surface area contributed by atoms with Gasteiger partial charge >= 0.3 is 7.82 Å². The molecule has 9 heteroatoms. The van der Waals surface area contributed by atoms with Crippen molar-refractivity contribution in [1.82, 2.24) is 5.32 Å². The van der Waals surface area contributed by atoms with Crippen LogP contribution in [0.2, 0.25) is 0 Å². The Labute approximate surface area is 393 Å². The average molecular weight is 910 g/mol. The van der Waals surface area contributed by atoms with Gasteiger partial charge in [0.05, 0.1) is 39.9 Å². The van der Waals surface area contributed by atoms with E-state index in [1.807, 2.05) is 27.2 Å². The highest BCUT2D eigenvalue weighted by Crippen LogP contribution is 2.43. The number of amides is 1. The topological polar surface area (TPSA) is 105 Å². The Morgan fingerprint density at radius 1 is 0.547 bits per heavy atom. The lowest BCUT2D eigenvalue weighted by atomic mass is 10.1. The molecule has 1 amide bonds. The number of phosphoric acid groups is 1. The second kappa shape index (κ2) is 45.1. The van der Waals surface area contributed by atoms with Gasteiger partial charge in [-0.15, -0.1) is 0 Å². The number of likely N-dealkylation sites (N-methyl/N-ethyl adjacent to an activating group) is 1. The molecule has 364 valence electrons. The second-order valence-corrected chi connectivity index (χ2v) is 18.9. The summed E-state index contributed by atoms with van der Waals surface area (Å²) in [4.78, 5) is 23.1. The number of aliphatic hydroxyl groups excluding tert-OH is 1. The van der Waals surface area contributed by atoms with Crippen LogP contribution in [0.1, 0.15) is 168 Å². The molecule has 0 rings (SSSR count). The Kier molecular flexibility index (Phi) is 42.9. The van der Waals surface area contributed by atoms with Crippen molar-refractivity contribution in [3.63, 3.8) is 0 Å². The van der Waals surface area contributed by atoms with Crippen molar-refractivity contribution in [3.8, 4) is 0 Å². The Bertz CT molecular complexity index is 1450. The summed E-state index contributed by atoms with van der Waals surface area (Å²) < 4.78 is 23.5. The van der Waals surface area contributed by atoms with Gasteiger partial charge in [0.25, 0.3) is 0 Å². The lowest BCUT2D eigenvalue weighted by Gasteiger charge is -2.25. The molecule has 8 nitrogen and oxygen atoms in total. The highest BCUT2D eigenvalue weighted by molar-refractivity contribution is 7.47. The monoisotopic (exact) mass is 910 g/mol. The molecule has 0 aromatic rings. The minimum absolute atomic E-state index is 0.0454. The highest BCUT2D eigenvalue weighted by atomic mass is 31.2. The number of quaternary nitrogens is 1. The Balaban J connectivity index is 4.23. The summed E-state index contributed by atoms with van der Waals surface area (Å²) in [6.07, 6.45) is 67.2. The van der Waals surface area contributed by atoms with E-state index in [2.05, 4.69) is 129 Å². The predicted molar refractivity (Wildman–Crippen MR) is 276 cm³/mol. The molecule has 3 unspecified atom stereocenters. The predicted octanol–water partition coefficient (Wildman–Crippen LogP) is 14.6. The molecule has 0 heterocycles. The number of aliphatic hydroxyl groups is 1. The SMILES string of the molecule is CC/C=C\C/C=C\C/C=C\C/C=C\C/C=C\C/C=C\C/C=C\CCCCCCCCCCCC(=O)NC(COP(=O)(O)OCC[N+](C)(C)C)C(O)/C=C/CC/C=C/CC/C=C/CCC. The molecule has 0 aromatic heterocycles. The number of carbonyl (C=O) groups excluding carboxylic acids is 1. The summed E-state index contributed by atoms with van der Waals surface area (Å²) in [6, 6.07) is -0.880. The van der Waals surface area contributed by atoms with Crippen molar-refractivity contribution >= 4 is 13.7 Å². The molecule has 0 saturated heterocycles. The first-order valence-electron chi connectivity index (χ1n) is 24.9. The Hall–Kier alpha value is -3.10. The summed E-state index contributed by atoms with van der Waals surface area (Å²) in [5, 5.41) is 13.8. The normalized spacial score (nSPS) is 15.2. The number of rotatable bonds is 43. The summed E-state index contributed by atoms with van der Waals surface area (Å²) >= 11 is 0. The van der Waals surface area contributed by atoms with E-state index in [0.29, 0.717) is 17.4 Å². The van der Waals surface area contributed by atoms with Crippen LogP contribution in [0.5, 0.6) is 0 Å². The van der Waals surface area contributed by atoms with Crippen molar-refractivity contribution in [3.05, 3.63) is 122 Å². The third-order valence-corrected chi connectivity index (χ3v) is 11.1. The van der Waals surface area contributed by atoms with Crippen LogP contribution in [0.25, 0.3) is 0 Å².